The molecule has 2 amide bonds. The molecule has 0 unspecified atom stereocenters. The molecule has 1 aromatic heterocycles. The molecule has 0 aliphatic heterocycles. The van der Waals surface area contributed by atoms with E-state index < -0.39 is 0 Å². The maximum atomic E-state index is 12.9. The highest BCUT2D eigenvalue weighted by Gasteiger charge is 2.24. The number of anilines is 1. The normalized spacial score (nSPS) is 19.2. The van der Waals surface area contributed by atoms with Crippen LogP contribution < -0.4 is 15.4 Å². The number of hydrogen-bond donors (Lipinski definition) is 2. The molecule has 3 rings (SSSR count). The molecule has 1 fully saturated rings. The van der Waals surface area contributed by atoms with Crippen LogP contribution in [0.3, 0.4) is 0 Å². The van der Waals surface area contributed by atoms with Crippen molar-refractivity contribution in [3.8, 4) is 11.9 Å². The number of nitrogens with zero attached hydrogens (tertiary/aromatic N) is 2. The Morgan fingerprint density at radius 3 is 2.50 bits per heavy atom. The van der Waals surface area contributed by atoms with Gasteiger partial charge in [0.15, 0.2) is 0 Å². The topological polar surface area (TPSA) is 87.0 Å². The van der Waals surface area contributed by atoms with E-state index in [1.165, 1.54) is 30.5 Å². The van der Waals surface area contributed by atoms with Gasteiger partial charge in [-0.1, -0.05) is 0 Å². The summed E-state index contributed by atoms with van der Waals surface area (Å²) in [5.74, 6) is 0.167. The minimum absolute atomic E-state index is 0.0497. The van der Waals surface area contributed by atoms with Crippen molar-refractivity contribution in [1.82, 2.24) is 10.3 Å². The first-order valence-electron chi connectivity index (χ1n) is 8.48. The molecule has 0 atom stereocenters. The Bertz CT molecular complexity index is 779. The lowest BCUT2D eigenvalue weighted by Gasteiger charge is -2.29. The fourth-order valence-corrected chi connectivity index (χ4v) is 2.90. The minimum atomic E-state index is -0.342. The van der Waals surface area contributed by atoms with E-state index in [1.807, 2.05) is 6.07 Å². The Hall–Kier alpha value is -3.14. The SMILES string of the molecule is N#Cc1ccc(OC2CCC(NC(=O)Nc3ccc(F)cc3)CC2)nc1. The van der Waals surface area contributed by atoms with Crippen molar-refractivity contribution in [3.05, 3.63) is 54.0 Å². The second kappa shape index (κ2) is 8.30. The Balaban J connectivity index is 1.42. The summed E-state index contributed by atoms with van der Waals surface area (Å²) in [6, 6.07) is 10.8. The van der Waals surface area contributed by atoms with E-state index in [2.05, 4.69) is 15.6 Å². The van der Waals surface area contributed by atoms with Crippen molar-refractivity contribution in [2.24, 2.45) is 0 Å². The molecule has 6 nitrogen and oxygen atoms in total. The molecule has 0 bridgehead atoms. The number of rotatable bonds is 4. The number of carbonyl (C=O) groups is 1. The Labute approximate surface area is 151 Å². The lowest BCUT2D eigenvalue weighted by molar-refractivity contribution is 0.135. The third-order valence-corrected chi connectivity index (χ3v) is 4.26. The second-order valence-corrected chi connectivity index (χ2v) is 6.19. The molecular weight excluding hydrogens is 335 g/mol. The summed E-state index contributed by atoms with van der Waals surface area (Å²) in [6.45, 7) is 0. The molecule has 1 aliphatic rings. The molecule has 1 saturated carbocycles. The standard InChI is InChI=1S/C19H19FN4O2/c20-14-2-4-15(5-3-14)23-19(25)24-16-6-8-17(9-7-16)26-18-10-1-13(11-21)12-22-18/h1-5,10,12,16-17H,6-9H2,(H2,23,24,25). The largest absolute Gasteiger partial charge is 0.474 e. The summed E-state index contributed by atoms with van der Waals surface area (Å²) in [4.78, 5) is 16.1. The number of benzene rings is 1. The van der Waals surface area contributed by atoms with Gasteiger partial charge in [-0.15, -0.1) is 0 Å². The number of ether oxygens (including phenoxy) is 1. The Morgan fingerprint density at radius 1 is 1.15 bits per heavy atom. The number of nitriles is 1. The van der Waals surface area contributed by atoms with Crippen LogP contribution in [0.5, 0.6) is 5.88 Å². The Morgan fingerprint density at radius 2 is 1.88 bits per heavy atom. The number of aromatic nitrogens is 1. The van der Waals surface area contributed by atoms with E-state index in [-0.39, 0.29) is 24.0 Å². The lowest BCUT2D eigenvalue weighted by Crippen LogP contribution is -2.41. The maximum absolute atomic E-state index is 12.9. The molecule has 2 N–H and O–H groups in total. The van der Waals surface area contributed by atoms with Crippen molar-refractivity contribution >= 4 is 11.7 Å². The summed E-state index contributed by atoms with van der Waals surface area (Å²) >= 11 is 0. The number of carbonyl (C=O) groups excluding carboxylic acids is 1. The van der Waals surface area contributed by atoms with Gasteiger partial charge >= 0.3 is 6.03 Å². The van der Waals surface area contributed by atoms with Crippen molar-refractivity contribution in [3.63, 3.8) is 0 Å². The molecular formula is C19H19FN4O2. The van der Waals surface area contributed by atoms with Gasteiger partial charge < -0.3 is 15.4 Å². The van der Waals surface area contributed by atoms with Crippen LogP contribution in [0.2, 0.25) is 0 Å². The lowest BCUT2D eigenvalue weighted by atomic mass is 9.93. The molecule has 0 spiro atoms. The van der Waals surface area contributed by atoms with Crippen LogP contribution in [0.1, 0.15) is 31.2 Å². The van der Waals surface area contributed by atoms with E-state index in [0.717, 1.165) is 25.7 Å². The monoisotopic (exact) mass is 354 g/mol. The first-order chi connectivity index (χ1) is 12.6. The quantitative estimate of drug-likeness (QED) is 0.878. The molecule has 1 aromatic carbocycles. The van der Waals surface area contributed by atoms with E-state index in [0.29, 0.717) is 17.1 Å². The van der Waals surface area contributed by atoms with Gasteiger partial charge in [0.1, 0.15) is 18.0 Å². The van der Waals surface area contributed by atoms with Crippen molar-refractivity contribution < 1.29 is 13.9 Å². The first kappa shape index (κ1) is 17.7. The first-order valence-corrected chi connectivity index (χ1v) is 8.48. The van der Waals surface area contributed by atoms with Crippen LogP contribution in [-0.4, -0.2) is 23.2 Å². The molecule has 134 valence electrons. The van der Waals surface area contributed by atoms with Gasteiger partial charge in [0.25, 0.3) is 0 Å². The zero-order chi connectivity index (χ0) is 18.4. The van der Waals surface area contributed by atoms with Crippen molar-refractivity contribution in [2.75, 3.05) is 5.32 Å². The second-order valence-electron chi connectivity index (χ2n) is 6.19. The summed E-state index contributed by atoms with van der Waals surface area (Å²) in [6.07, 6.45) is 4.76. The van der Waals surface area contributed by atoms with Crippen LogP contribution in [0, 0.1) is 17.1 Å². The summed E-state index contributed by atoms with van der Waals surface area (Å²) in [5, 5.41) is 14.4. The van der Waals surface area contributed by atoms with Gasteiger partial charge in [0.2, 0.25) is 5.88 Å². The number of hydrogen-bond acceptors (Lipinski definition) is 4. The van der Waals surface area contributed by atoms with Gasteiger partial charge in [-0.2, -0.15) is 5.26 Å². The summed E-state index contributed by atoms with van der Waals surface area (Å²) < 4.78 is 18.7. The third kappa shape index (κ3) is 4.93. The fourth-order valence-electron chi connectivity index (χ4n) is 2.90. The summed E-state index contributed by atoms with van der Waals surface area (Å²) in [5.41, 5.74) is 1.05. The van der Waals surface area contributed by atoms with Crippen LogP contribution >= 0.6 is 0 Å². The van der Waals surface area contributed by atoms with E-state index in [9.17, 15) is 9.18 Å². The van der Waals surface area contributed by atoms with Crippen LogP contribution in [0.4, 0.5) is 14.9 Å². The molecule has 0 radical (unpaired) electrons. The van der Waals surface area contributed by atoms with E-state index in [4.69, 9.17) is 10.00 Å². The Kier molecular flexibility index (Phi) is 5.64. The van der Waals surface area contributed by atoms with Gasteiger partial charge in [-0.3, -0.25) is 0 Å². The van der Waals surface area contributed by atoms with Gasteiger partial charge in [0.05, 0.1) is 5.56 Å². The number of pyridine rings is 1. The van der Waals surface area contributed by atoms with Crippen LogP contribution in [-0.2, 0) is 0 Å². The van der Waals surface area contributed by atoms with Crippen molar-refractivity contribution in [2.45, 2.75) is 37.8 Å². The molecule has 1 heterocycles. The number of halogens is 1. The third-order valence-electron chi connectivity index (χ3n) is 4.26. The number of urea groups is 1. The fraction of sp³-hybridized carbons (Fsp3) is 0.316. The smallest absolute Gasteiger partial charge is 0.319 e. The van der Waals surface area contributed by atoms with E-state index >= 15 is 0 Å². The minimum Gasteiger partial charge on any atom is -0.474 e. The molecule has 7 heteroatoms. The van der Waals surface area contributed by atoms with Gasteiger partial charge in [-0.05, 0) is 56.0 Å². The van der Waals surface area contributed by atoms with Crippen LogP contribution in [0.25, 0.3) is 0 Å². The highest BCUT2D eigenvalue weighted by molar-refractivity contribution is 5.89. The average molecular weight is 354 g/mol. The molecule has 0 saturated heterocycles. The number of nitrogens with one attached hydrogen (secondary N) is 2. The van der Waals surface area contributed by atoms with Gasteiger partial charge in [0, 0.05) is 24.0 Å². The number of amides is 2. The predicted molar refractivity (Wildman–Crippen MR) is 94.2 cm³/mol. The van der Waals surface area contributed by atoms with Gasteiger partial charge in [-0.25, -0.2) is 14.2 Å². The average Bonchev–Trinajstić information content (AvgIpc) is 2.66. The van der Waals surface area contributed by atoms with Crippen molar-refractivity contribution in [1.29, 1.82) is 5.26 Å². The molecule has 1 aliphatic carbocycles. The zero-order valence-corrected chi connectivity index (χ0v) is 14.1. The highest BCUT2D eigenvalue weighted by Crippen LogP contribution is 2.23. The molecule has 26 heavy (non-hydrogen) atoms. The predicted octanol–water partition coefficient (Wildman–Crippen LogP) is 3.60. The van der Waals surface area contributed by atoms with E-state index in [1.54, 1.807) is 12.1 Å². The highest BCUT2D eigenvalue weighted by atomic mass is 19.1. The molecule has 2 aromatic rings. The summed E-state index contributed by atoms with van der Waals surface area (Å²) in [7, 11) is 0. The zero-order valence-electron chi connectivity index (χ0n) is 14.1. The van der Waals surface area contributed by atoms with Crippen LogP contribution in [0.15, 0.2) is 42.6 Å². The maximum Gasteiger partial charge on any atom is 0.319 e.